The van der Waals surface area contributed by atoms with Crippen molar-refractivity contribution in [3.8, 4) is 0 Å². The van der Waals surface area contributed by atoms with Gasteiger partial charge in [-0.15, -0.1) is 0 Å². The first-order valence-electron chi connectivity index (χ1n) is 9.65. The number of halogens is 1. The molecule has 0 unspecified atom stereocenters. The first-order valence-corrected chi connectivity index (χ1v) is 10.0. The van der Waals surface area contributed by atoms with Gasteiger partial charge in [0.1, 0.15) is 0 Å². The fourth-order valence-corrected chi connectivity index (χ4v) is 3.03. The number of hydrazone groups is 1. The zero-order valence-corrected chi connectivity index (χ0v) is 17.8. The molecule has 29 heavy (non-hydrogen) atoms. The predicted octanol–water partition coefficient (Wildman–Crippen LogP) is 4.36. The molecule has 0 aromatic heterocycles. The van der Waals surface area contributed by atoms with Gasteiger partial charge in [0.05, 0.1) is 6.21 Å². The molecule has 0 saturated carbocycles. The van der Waals surface area contributed by atoms with Gasteiger partial charge < -0.3 is 10.2 Å². The first-order chi connectivity index (χ1) is 13.9. The van der Waals surface area contributed by atoms with Gasteiger partial charge in [-0.1, -0.05) is 23.7 Å². The van der Waals surface area contributed by atoms with Crippen LogP contribution in [0.4, 0.5) is 11.4 Å². The highest BCUT2D eigenvalue weighted by Crippen LogP contribution is 2.19. The summed E-state index contributed by atoms with van der Waals surface area (Å²) in [5.74, 6) is -0.550. The molecular formula is C22H27ClN4O2. The van der Waals surface area contributed by atoms with Crippen molar-refractivity contribution in [1.29, 1.82) is 0 Å². The van der Waals surface area contributed by atoms with Gasteiger partial charge in [0, 0.05) is 42.3 Å². The second-order valence-electron chi connectivity index (χ2n) is 6.56. The van der Waals surface area contributed by atoms with Gasteiger partial charge in [0.15, 0.2) is 0 Å². The molecule has 0 bridgehead atoms. The van der Waals surface area contributed by atoms with E-state index in [1.807, 2.05) is 31.2 Å². The van der Waals surface area contributed by atoms with Crippen LogP contribution in [-0.2, 0) is 9.59 Å². The molecule has 7 heteroatoms. The molecule has 2 aromatic rings. The lowest BCUT2D eigenvalue weighted by molar-refractivity contribution is -0.124. The summed E-state index contributed by atoms with van der Waals surface area (Å²) in [7, 11) is 0. The Hall–Kier alpha value is -2.86. The van der Waals surface area contributed by atoms with E-state index < -0.39 is 0 Å². The van der Waals surface area contributed by atoms with E-state index in [2.05, 4.69) is 34.6 Å². The summed E-state index contributed by atoms with van der Waals surface area (Å²) in [5, 5.41) is 7.35. The number of carbonyl (C=O) groups excluding carboxylic acids is 2. The van der Waals surface area contributed by atoms with Crippen molar-refractivity contribution in [2.75, 3.05) is 23.3 Å². The Balaban J connectivity index is 1.77. The highest BCUT2D eigenvalue weighted by atomic mass is 35.5. The van der Waals surface area contributed by atoms with Gasteiger partial charge in [-0.2, -0.15) is 5.10 Å². The number of anilines is 2. The van der Waals surface area contributed by atoms with Gasteiger partial charge in [-0.05, 0) is 62.2 Å². The lowest BCUT2D eigenvalue weighted by atomic mass is 10.2. The quantitative estimate of drug-likeness (QED) is 0.472. The molecule has 154 valence electrons. The van der Waals surface area contributed by atoms with E-state index in [0.717, 1.165) is 29.9 Å². The number of rotatable bonds is 9. The normalized spacial score (nSPS) is 10.8. The van der Waals surface area contributed by atoms with Crippen molar-refractivity contribution in [2.45, 2.75) is 33.6 Å². The number of hydrogen-bond donors (Lipinski definition) is 2. The van der Waals surface area contributed by atoms with Crippen LogP contribution in [0.2, 0.25) is 5.02 Å². The smallest absolute Gasteiger partial charge is 0.240 e. The van der Waals surface area contributed by atoms with Gasteiger partial charge >= 0.3 is 0 Å². The molecule has 0 saturated heterocycles. The third-order valence-corrected chi connectivity index (χ3v) is 4.70. The standard InChI is InChI=1S/C22H27ClN4O2/c1-4-27(5-2)19-9-6-17(7-10-19)15-24-26-22(29)13-12-21(28)25-20-11-8-18(23)14-16(20)3/h6-11,14-15H,4-5,12-13H2,1-3H3,(H,25,28)(H,26,29)/b24-15+. The molecule has 0 aliphatic heterocycles. The summed E-state index contributed by atoms with van der Waals surface area (Å²) in [6.07, 6.45) is 1.71. The lowest BCUT2D eigenvalue weighted by Gasteiger charge is -2.20. The predicted molar refractivity (Wildman–Crippen MR) is 120 cm³/mol. The van der Waals surface area contributed by atoms with E-state index >= 15 is 0 Å². The van der Waals surface area contributed by atoms with Crippen molar-refractivity contribution in [3.05, 3.63) is 58.6 Å². The molecular weight excluding hydrogens is 388 g/mol. The van der Waals surface area contributed by atoms with E-state index in [1.54, 1.807) is 24.4 Å². The molecule has 2 rings (SSSR count). The number of hydrogen-bond acceptors (Lipinski definition) is 4. The summed E-state index contributed by atoms with van der Waals surface area (Å²) >= 11 is 5.90. The van der Waals surface area contributed by atoms with Gasteiger partial charge in [0.2, 0.25) is 11.8 Å². The Labute approximate surface area is 176 Å². The topological polar surface area (TPSA) is 73.8 Å². The van der Waals surface area contributed by atoms with Gasteiger partial charge in [-0.3, -0.25) is 9.59 Å². The summed E-state index contributed by atoms with van der Waals surface area (Å²) in [6.45, 7) is 7.99. The number of aryl methyl sites for hydroxylation is 1. The van der Waals surface area contributed by atoms with Crippen LogP contribution in [0, 0.1) is 6.92 Å². The number of benzene rings is 2. The van der Waals surface area contributed by atoms with E-state index in [4.69, 9.17) is 11.6 Å². The summed E-state index contributed by atoms with van der Waals surface area (Å²) in [4.78, 5) is 26.2. The minimum atomic E-state index is -0.316. The zero-order chi connectivity index (χ0) is 21.2. The molecule has 0 spiro atoms. The fourth-order valence-electron chi connectivity index (χ4n) is 2.80. The largest absolute Gasteiger partial charge is 0.372 e. The summed E-state index contributed by atoms with van der Waals surface area (Å²) in [5.41, 5.74) is 6.04. The average molecular weight is 415 g/mol. The van der Waals surface area contributed by atoms with Crippen molar-refractivity contribution >= 4 is 41.0 Å². The number of amides is 2. The minimum absolute atomic E-state index is 0.0523. The molecule has 6 nitrogen and oxygen atoms in total. The molecule has 2 N–H and O–H groups in total. The van der Waals surface area contributed by atoms with E-state index in [1.165, 1.54) is 0 Å². The van der Waals surface area contributed by atoms with Crippen molar-refractivity contribution in [3.63, 3.8) is 0 Å². The molecule has 0 aliphatic rings. The zero-order valence-electron chi connectivity index (χ0n) is 17.0. The van der Waals surface area contributed by atoms with Gasteiger partial charge in [0.25, 0.3) is 0 Å². The SMILES string of the molecule is CCN(CC)c1ccc(/C=N/NC(=O)CCC(=O)Nc2ccc(Cl)cc2C)cc1. The number of nitrogens with one attached hydrogen (secondary N) is 2. The molecule has 0 atom stereocenters. The summed E-state index contributed by atoms with van der Waals surface area (Å²) in [6, 6.07) is 13.2. The van der Waals surface area contributed by atoms with Crippen molar-refractivity contribution in [2.24, 2.45) is 5.10 Å². The van der Waals surface area contributed by atoms with Crippen LogP contribution in [0.3, 0.4) is 0 Å². The molecule has 0 aliphatic carbocycles. The van der Waals surface area contributed by atoms with Gasteiger partial charge in [-0.25, -0.2) is 5.43 Å². The third-order valence-electron chi connectivity index (χ3n) is 4.47. The highest BCUT2D eigenvalue weighted by molar-refractivity contribution is 6.30. The van der Waals surface area contributed by atoms with E-state index in [9.17, 15) is 9.59 Å². The average Bonchev–Trinajstić information content (AvgIpc) is 2.70. The van der Waals surface area contributed by atoms with Crippen LogP contribution in [0.5, 0.6) is 0 Å². The van der Waals surface area contributed by atoms with Crippen LogP contribution in [0.25, 0.3) is 0 Å². The van der Waals surface area contributed by atoms with Crippen LogP contribution in [-0.4, -0.2) is 31.1 Å². The van der Waals surface area contributed by atoms with Crippen LogP contribution in [0.1, 0.15) is 37.8 Å². The Kier molecular flexibility index (Phi) is 8.68. The second-order valence-corrected chi connectivity index (χ2v) is 7.00. The fraction of sp³-hybridized carbons (Fsp3) is 0.318. The maximum Gasteiger partial charge on any atom is 0.240 e. The van der Waals surface area contributed by atoms with Crippen molar-refractivity contribution in [1.82, 2.24) is 5.43 Å². The highest BCUT2D eigenvalue weighted by Gasteiger charge is 2.08. The lowest BCUT2D eigenvalue weighted by Crippen LogP contribution is -2.21. The van der Waals surface area contributed by atoms with E-state index in [0.29, 0.717) is 10.7 Å². The molecule has 0 heterocycles. The molecule has 2 aromatic carbocycles. The minimum Gasteiger partial charge on any atom is -0.372 e. The third kappa shape index (κ3) is 7.23. The van der Waals surface area contributed by atoms with Crippen molar-refractivity contribution < 1.29 is 9.59 Å². The maximum atomic E-state index is 12.0. The monoisotopic (exact) mass is 414 g/mol. The molecule has 0 radical (unpaired) electrons. The van der Waals surface area contributed by atoms with Crippen LogP contribution < -0.4 is 15.6 Å². The Morgan fingerprint density at radius 3 is 2.31 bits per heavy atom. The van der Waals surface area contributed by atoms with Crippen LogP contribution in [0.15, 0.2) is 47.6 Å². The Bertz CT molecular complexity index is 862. The summed E-state index contributed by atoms with van der Waals surface area (Å²) < 4.78 is 0. The first kappa shape index (κ1) is 22.4. The Morgan fingerprint density at radius 1 is 1.03 bits per heavy atom. The molecule has 2 amide bonds. The molecule has 0 fully saturated rings. The number of nitrogens with zero attached hydrogens (tertiary/aromatic N) is 2. The Morgan fingerprint density at radius 2 is 1.69 bits per heavy atom. The maximum absolute atomic E-state index is 12.0. The van der Waals surface area contributed by atoms with Crippen LogP contribution >= 0.6 is 11.6 Å². The second kappa shape index (κ2) is 11.2. The van der Waals surface area contributed by atoms with E-state index in [-0.39, 0.29) is 24.7 Å². The number of carbonyl (C=O) groups is 2.